The van der Waals surface area contributed by atoms with Crippen LogP contribution in [0, 0.1) is 13.8 Å². The Bertz CT molecular complexity index is 1120. The van der Waals surface area contributed by atoms with Gasteiger partial charge in [0.05, 0.1) is 19.0 Å². The first kappa shape index (κ1) is 18.8. The lowest BCUT2D eigenvalue weighted by Crippen LogP contribution is -2.24. The van der Waals surface area contributed by atoms with Crippen LogP contribution < -0.4 is 15.7 Å². The van der Waals surface area contributed by atoms with Gasteiger partial charge in [0.1, 0.15) is 11.4 Å². The van der Waals surface area contributed by atoms with Crippen molar-refractivity contribution in [3.8, 4) is 17.4 Å². The number of methoxy groups -OCH3 is 1. The van der Waals surface area contributed by atoms with Crippen LogP contribution in [-0.2, 0) is 0 Å². The molecule has 0 spiro atoms. The number of amides is 1. The molecule has 11 nitrogen and oxygen atoms in total. The molecule has 3 rings (SSSR count). The van der Waals surface area contributed by atoms with E-state index in [4.69, 9.17) is 4.74 Å². The summed E-state index contributed by atoms with van der Waals surface area (Å²) in [4.78, 5) is 26.7. The molecular formula is C17H17N7O4. The van der Waals surface area contributed by atoms with Gasteiger partial charge in [0.2, 0.25) is 0 Å². The Hall–Kier alpha value is -4.02. The van der Waals surface area contributed by atoms with Gasteiger partial charge in [0, 0.05) is 0 Å². The predicted molar refractivity (Wildman–Crippen MR) is 99.0 cm³/mol. The fourth-order valence-electron chi connectivity index (χ4n) is 2.31. The van der Waals surface area contributed by atoms with Crippen LogP contribution in [0.3, 0.4) is 0 Å². The third-order valence-electron chi connectivity index (χ3n) is 3.70. The van der Waals surface area contributed by atoms with Gasteiger partial charge in [-0.25, -0.2) is 5.43 Å². The van der Waals surface area contributed by atoms with E-state index in [-0.39, 0.29) is 23.1 Å². The van der Waals surface area contributed by atoms with E-state index in [9.17, 15) is 14.7 Å². The molecule has 3 N–H and O–H groups in total. The molecule has 2 aromatic heterocycles. The number of hydrazone groups is 1. The van der Waals surface area contributed by atoms with Crippen LogP contribution in [0.4, 0.5) is 0 Å². The van der Waals surface area contributed by atoms with Crippen molar-refractivity contribution in [3.63, 3.8) is 0 Å². The normalized spacial score (nSPS) is 11.0. The van der Waals surface area contributed by atoms with Crippen molar-refractivity contribution in [3.05, 3.63) is 57.3 Å². The van der Waals surface area contributed by atoms with Gasteiger partial charge >= 0.3 is 0 Å². The second-order valence-corrected chi connectivity index (χ2v) is 5.78. The van der Waals surface area contributed by atoms with Gasteiger partial charge in [-0.15, -0.1) is 10.2 Å². The number of ether oxygens (including phenoxy) is 1. The van der Waals surface area contributed by atoms with Crippen molar-refractivity contribution in [1.29, 1.82) is 0 Å². The quantitative estimate of drug-likeness (QED) is 0.428. The number of benzene rings is 1. The molecule has 28 heavy (non-hydrogen) atoms. The van der Waals surface area contributed by atoms with E-state index in [1.807, 2.05) is 0 Å². The van der Waals surface area contributed by atoms with E-state index >= 15 is 0 Å². The van der Waals surface area contributed by atoms with E-state index in [0.29, 0.717) is 17.0 Å². The minimum atomic E-state index is -0.571. The SMILES string of the molecule is COc1ccc(/C=N\NC(=O)c2cc(C)nn2-c2nnc(C)c(=O)[nH]2)cc1O. The molecule has 3 aromatic rings. The average Bonchev–Trinajstić information content (AvgIpc) is 3.06. The van der Waals surface area contributed by atoms with E-state index in [0.717, 1.165) is 0 Å². The second kappa shape index (κ2) is 7.70. The smallest absolute Gasteiger partial charge is 0.290 e. The Morgan fingerprint density at radius 3 is 2.79 bits per heavy atom. The second-order valence-electron chi connectivity index (χ2n) is 5.78. The minimum Gasteiger partial charge on any atom is -0.504 e. The molecule has 0 saturated carbocycles. The topological polar surface area (TPSA) is 147 Å². The molecule has 2 heterocycles. The molecule has 0 aliphatic rings. The summed E-state index contributed by atoms with van der Waals surface area (Å²) in [6, 6.07) is 6.19. The number of hydrogen-bond donors (Lipinski definition) is 3. The number of rotatable bonds is 5. The summed E-state index contributed by atoms with van der Waals surface area (Å²) < 4.78 is 6.14. The summed E-state index contributed by atoms with van der Waals surface area (Å²) in [6.07, 6.45) is 1.36. The number of aromatic hydroxyl groups is 1. The highest BCUT2D eigenvalue weighted by molar-refractivity contribution is 5.94. The molecule has 0 radical (unpaired) electrons. The number of aryl methyl sites for hydroxylation is 2. The summed E-state index contributed by atoms with van der Waals surface area (Å²) >= 11 is 0. The molecule has 0 aliphatic carbocycles. The Morgan fingerprint density at radius 1 is 1.32 bits per heavy atom. The van der Waals surface area contributed by atoms with Crippen LogP contribution in [-0.4, -0.2) is 49.3 Å². The van der Waals surface area contributed by atoms with Crippen molar-refractivity contribution >= 4 is 12.1 Å². The molecule has 1 amide bonds. The Labute approximate surface area is 158 Å². The van der Waals surface area contributed by atoms with Gasteiger partial charge in [0.25, 0.3) is 17.4 Å². The molecule has 0 bridgehead atoms. The number of nitrogens with zero attached hydrogens (tertiary/aromatic N) is 5. The van der Waals surface area contributed by atoms with Crippen molar-refractivity contribution in [1.82, 2.24) is 30.4 Å². The van der Waals surface area contributed by atoms with Crippen LogP contribution in [0.5, 0.6) is 11.5 Å². The average molecular weight is 383 g/mol. The standard InChI is InChI=1S/C17H17N7O4/c1-9-6-12(24(23-9)17-19-15(26)10(2)20-22-17)16(27)21-18-8-11-4-5-14(28-3)13(25)7-11/h4-8,25H,1-3H3,(H,21,27)(H,19,22,26)/b18-8-. The lowest BCUT2D eigenvalue weighted by Gasteiger charge is -2.05. The van der Waals surface area contributed by atoms with Gasteiger partial charge in [-0.05, 0) is 43.7 Å². The maximum atomic E-state index is 12.5. The number of aromatic nitrogens is 5. The monoisotopic (exact) mass is 383 g/mol. The number of nitrogens with one attached hydrogen (secondary N) is 2. The molecule has 0 atom stereocenters. The first-order valence-electron chi connectivity index (χ1n) is 8.10. The summed E-state index contributed by atoms with van der Waals surface area (Å²) in [5.41, 5.74) is 3.34. The minimum absolute atomic E-state index is 0.0120. The summed E-state index contributed by atoms with van der Waals surface area (Å²) in [5, 5.41) is 25.4. The summed E-state index contributed by atoms with van der Waals surface area (Å²) in [6.45, 7) is 3.21. The van der Waals surface area contributed by atoms with Gasteiger partial charge in [-0.3, -0.25) is 14.6 Å². The fraction of sp³-hybridized carbons (Fsp3) is 0.176. The fourth-order valence-corrected chi connectivity index (χ4v) is 2.31. The maximum Gasteiger partial charge on any atom is 0.290 e. The first-order chi connectivity index (χ1) is 13.4. The number of aromatic amines is 1. The molecule has 0 fully saturated rings. The zero-order valence-electron chi connectivity index (χ0n) is 15.3. The molecule has 1 aromatic carbocycles. The van der Waals surface area contributed by atoms with Crippen LogP contribution in [0.2, 0.25) is 0 Å². The van der Waals surface area contributed by atoms with Crippen LogP contribution >= 0.6 is 0 Å². The van der Waals surface area contributed by atoms with Crippen LogP contribution in [0.25, 0.3) is 5.95 Å². The summed E-state index contributed by atoms with van der Waals surface area (Å²) in [7, 11) is 1.44. The van der Waals surface area contributed by atoms with Gasteiger partial charge in [-0.1, -0.05) is 0 Å². The number of H-pyrrole nitrogens is 1. The van der Waals surface area contributed by atoms with Crippen molar-refractivity contribution in [2.75, 3.05) is 7.11 Å². The van der Waals surface area contributed by atoms with Gasteiger partial charge in [0.15, 0.2) is 11.5 Å². The van der Waals surface area contributed by atoms with Crippen molar-refractivity contribution < 1.29 is 14.6 Å². The van der Waals surface area contributed by atoms with Gasteiger partial charge < -0.3 is 9.84 Å². The molecule has 144 valence electrons. The Balaban J connectivity index is 1.80. The summed E-state index contributed by atoms with van der Waals surface area (Å²) in [5.74, 6) is -0.280. The van der Waals surface area contributed by atoms with E-state index in [2.05, 4.69) is 30.8 Å². The number of hydrogen-bond acceptors (Lipinski definition) is 8. The number of phenolic OH excluding ortho intramolecular Hbond substituents is 1. The number of carbonyl (C=O) groups is 1. The number of phenols is 1. The molecular weight excluding hydrogens is 366 g/mol. The van der Waals surface area contributed by atoms with Crippen LogP contribution in [0.15, 0.2) is 34.2 Å². The first-order valence-corrected chi connectivity index (χ1v) is 8.10. The lowest BCUT2D eigenvalue weighted by molar-refractivity contribution is 0.0947. The highest BCUT2D eigenvalue weighted by Crippen LogP contribution is 2.25. The number of carbonyl (C=O) groups excluding carboxylic acids is 1. The van der Waals surface area contributed by atoms with Crippen LogP contribution in [0.1, 0.15) is 27.4 Å². The van der Waals surface area contributed by atoms with E-state index in [1.165, 1.54) is 37.1 Å². The molecule has 0 saturated heterocycles. The third kappa shape index (κ3) is 3.87. The van der Waals surface area contributed by atoms with Gasteiger partial charge in [-0.2, -0.15) is 14.9 Å². The lowest BCUT2D eigenvalue weighted by atomic mass is 10.2. The zero-order valence-corrected chi connectivity index (χ0v) is 15.3. The largest absolute Gasteiger partial charge is 0.504 e. The van der Waals surface area contributed by atoms with E-state index < -0.39 is 11.5 Å². The predicted octanol–water partition coefficient (Wildman–Crippen LogP) is 0.446. The Morgan fingerprint density at radius 2 is 2.11 bits per heavy atom. The Kier molecular flexibility index (Phi) is 5.16. The zero-order chi connectivity index (χ0) is 20.3. The molecule has 0 aliphatic heterocycles. The van der Waals surface area contributed by atoms with E-state index in [1.54, 1.807) is 19.1 Å². The van der Waals surface area contributed by atoms with Crippen molar-refractivity contribution in [2.45, 2.75) is 13.8 Å². The molecule has 0 unspecified atom stereocenters. The molecule has 11 heteroatoms. The highest BCUT2D eigenvalue weighted by Gasteiger charge is 2.17. The van der Waals surface area contributed by atoms with Crippen molar-refractivity contribution in [2.24, 2.45) is 5.10 Å². The maximum absolute atomic E-state index is 12.5. The highest BCUT2D eigenvalue weighted by atomic mass is 16.5. The third-order valence-corrected chi connectivity index (χ3v) is 3.70.